The number of carbonyl (C=O) groups excluding carboxylic acids is 3. The van der Waals surface area contributed by atoms with E-state index in [1.807, 2.05) is 39.5 Å². The van der Waals surface area contributed by atoms with Gasteiger partial charge in [-0.2, -0.15) is 0 Å². The molecule has 6 nitrogen and oxygen atoms in total. The van der Waals surface area contributed by atoms with E-state index in [1.54, 1.807) is 0 Å². The quantitative estimate of drug-likeness (QED) is 0.586. The number of fused-ring (bicyclic) bond motifs is 1. The first-order valence-electron chi connectivity index (χ1n) is 13.0. The molecule has 33 heavy (non-hydrogen) atoms. The molecule has 0 radical (unpaired) electrons. The number of amides is 1. The summed E-state index contributed by atoms with van der Waals surface area (Å²) < 4.78 is 12.1. The van der Waals surface area contributed by atoms with Crippen LogP contribution in [0.1, 0.15) is 79.6 Å². The van der Waals surface area contributed by atoms with Gasteiger partial charge in [-0.05, 0) is 97.3 Å². The number of ether oxygens (including phenoxy) is 2. The summed E-state index contributed by atoms with van der Waals surface area (Å²) >= 11 is 0. The second-order valence-corrected chi connectivity index (χ2v) is 13.2. The van der Waals surface area contributed by atoms with Crippen molar-refractivity contribution in [2.75, 3.05) is 0 Å². The van der Waals surface area contributed by atoms with E-state index < -0.39 is 11.5 Å². The van der Waals surface area contributed by atoms with Crippen LogP contribution in [0, 0.1) is 46.8 Å². The maximum atomic E-state index is 13.8. The van der Waals surface area contributed by atoms with Crippen LogP contribution in [-0.4, -0.2) is 34.4 Å². The summed E-state index contributed by atoms with van der Waals surface area (Å²) in [7, 11) is 0. The highest BCUT2D eigenvalue weighted by Gasteiger charge is 2.67. The van der Waals surface area contributed by atoms with Crippen molar-refractivity contribution in [3.05, 3.63) is 11.5 Å². The average Bonchev–Trinajstić information content (AvgIpc) is 3.28. The zero-order valence-electron chi connectivity index (χ0n) is 20.6. The summed E-state index contributed by atoms with van der Waals surface area (Å²) in [4.78, 5) is 42.3. The Labute approximate surface area is 196 Å². The van der Waals surface area contributed by atoms with Gasteiger partial charge in [0.05, 0.1) is 22.9 Å². The molecule has 6 bridgehead atoms. The normalized spacial score (nSPS) is 42.7. The van der Waals surface area contributed by atoms with E-state index in [0.29, 0.717) is 29.9 Å². The van der Waals surface area contributed by atoms with E-state index in [1.165, 1.54) is 19.3 Å². The summed E-state index contributed by atoms with van der Waals surface area (Å²) in [5, 5.41) is 0. The van der Waals surface area contributed by atoms with Gasteiger partial charge in [0.2, 0.25) is 5.91 Å². The van der Waals surface area contributed by atoms with Gasteiger partial charge in [-0.25, -0.2) is 0 Å². The molecule has 7 aliphatic rings. The minimum atomic E-state index is -0.624. The lowest BCUT2D eigenvalue weighted by atomic mass is 9.49. The Hall–Kier alpha value is -1.85. The first-order valence-corrected chi connectivity index (χ1v) is 13.0. The highest BCUT2D eigenvalue weighted by atomic mass is 16.6. The average molecular weight is 456 g/mol. The predicted octanol–water partition coefficient (Wildman–Crippen LogP) is 4.43. The minimum absolute atomic E-state index is 0.00999. The van der Waals surface area contributed by atoms with Gasteiger partial charge >= 0.3 is 11.9 Å². The number of likely N-dealkylation sites (tertiary alicyclic amines) is 1. The van der Waals surface area contributed by atoms with Crippen LogP contribution < -0.4 is 0 Å². The van der Waals surface area contributed by atoms with Gasteiger partial charge < -0.3 is 14.4 Å². The van der Waals surface area contributed by atoms with Gasteiger partial charge in [0, 0.05) is 17.9 Å². The number of hydrogen-bond donors (Lipinski definition) is 0. The Bertz CT molecular complexity index is 921. The Balaban J connectivity index is 1.33. The number of hydrogen-bond acceptors (Lipinski definition) is 5. The molecule has 0 aromatic heterocycles. The Morgan fingerprint density at radius 2 is 1.55 bits per heavy atom. The van der Waals surface area contributed by atoms with Crippen LogP contribution in [0.25, 0.3) is 0 Å². The number of esters is 2. The largest absolute Gasteiger partial charge is 0.460 e. The number of carbonyl (C=O) groups is 3. The summed E-state index contributed by atoms with van der Waals surface area (Å²) in [6, 6.07) is -0.0376. The van der Waals surface area contributed by atoms with Crippen LogP contribution in [0.2, 0.25) is 0 Å². The third-order valence-electron chi connectivity index (χ3n) is 9.35. The maximum Gasteiger partial charge on any atom is 0.317 e. The number of nitrogens with zero attached hydrogens (tertiary/aromatic N) is 1. The van der Waals surface area contributed by atoms with E-state index >= 15 is 0 Å². The minimum Gasteiger partial charge on any atom is -0.460 e. The third-order valence-corrected chi connectivity index (χ3v) is 9.35. The van der Waals surface area contributed by atoms with E-state index in [-0.39, 0.29) is 47.1 Å². The van der Waals surface area contributed by atoms with E-state index in [9.17, 15) is 14.4 Å². The van der Waals surface area contributed by atoms with Crippen LogP contribution >= 0.6 is 0 Å². The SMILES string of the molecule is CC(C)N1C(=O)C2C3CC(C(OC(=O)C45CC6CC(CC(C6)C4)C5)=C31)C2C(=O)OC(C)(C)C. The van der Waals surface area contributed by atoms with Crippen molar-refractivity contribution in [1.82, 2.24) is 4.90 Å². The first-order chi connectivity index (χ1) is 15.5. The lowest BCUT2D eigenvalue weighted by Crippen LogP contribution is -2.50. The summed E-state index contributed by atoms with van der Waals surface area (Å²) in [6.07, 6.45) is 7.33. The molecule has 0 aromatic rings. The molecule has 7 rings (SSSR count). The highest BCUT2D eigenvalue weighted by molar-refractivity contribution is 5.93. The molecule has 6 heteroatoms. The van der Waals surface area contributed by atoms with Crippen molar-refractivity contribution < 1.29 is 23.9 Å². The molecule has 0 aromatic carbocycles. The highest BCUT2D eigenvalue weighted by Crippen LogP contribution is 2.64. The molecule has 1 amide bonds. The zero-order valence-corrected chi connectivity index (χ0v) is 20.6. The van der Waals surface area contributed by atoms with E-state index in [0.717, 1.165) is 25.0 Å². The zero-order chi connectivity index (χ0) is 23.4. The fourth-order valence-corrected chi connectivity index (χ4v) is 8.80. The second-order valence-electron chi connectivity index (χ2n) is 13.2. The fraction of sp³-hybridized carbons (Fsp3) is 0.815. The van der Waals surface area contributed by atoms with Gasteiger partial charge in [0.25, 0.3) is 0 Å². The van der Waals surface area contributed by atoms with Gasteiger partial charge in [0.15, 0.2) is 0 Å². The summed E-state index contributed by atoms with van der Waals surface area (Å²) in [5.41, 5.74) is -0.111. The van der Waals surface area contributed by atoms with E-state index in [4.69, 9.17) is 9.47 Å². The van der Waals surface area contributed by atoms with Crippen molar-refractivity contribution >= 4 is 17.8 Å². The molecule has 6 fully saturated rings. The van der Waals surface area contributed by atoms with Crippen LogP contribution in [0.5, 0.6) is 0 Å². The van der Waals surface area contributed by atoms with E-state index in [2.05, 4.69) is 0 Å². The standard InChI is InChI=1S/C27H37NO5/c1-13(2)28-21-17-9-18(20(19(17)23(28)29)24(30)33-26(3,4)5)22(21)32-25(31)27-10-14-6-15(11-27)8-16(7-14)12-27/h13-20H,6-12H2,1-5H3. The third kappa shape index (κ3) is 3.07. The summed E-state index contributed by atoms with van der Waals surface area (Å²) in [6.45, 7) is 9.53. The van der Waals surface area contributed by atoms with Crippen molar-refractivity contribution in [1.29, 1.82) is 0 Å². The fourth-order valence-electron chi connectivity index (χ4n) is 8.80. The summed E-state index contributed by atoms with van der Waals surface area (Å²) in [5.74, 6) is 0.897. The molecule has 0 N–H and O–H groups in total. The smallest absolute Gasteiger partial charge is 0.317 e. The molecule has 1 aliphatic heterocycles. The predicted molar refractivity (Wildman–Crippen MR) is 120 cm³/mol. The van der Waals surface area contributed by atoms with Crippen molar-refractivity contribution in [2.45, 2.75) is 91.2 Å². The lowest BCUT2D eigenvalue weighted by Gasteiger charge is -2.55. The molecule has 4 atom stereocenters. The van der Waals surface area contributed by atoms with Crippen molar-refractivity contribution in [2.24, 2.45) is 46.8 Å². The molecular weight excluding hydrogens is 418 g/mol. The Kier molecular flexibility index (Phi) is 4.50. The number of allylic oxidation sites excluding steroid dienone is 2. The lowest BCUT2D eigenvalue weighted by molar-refractivity contribution is -0.171. The molecule has 180 valence electrons. The van der Waals surface area contributed by atoms with Gasteiger partial charge in [0.1, 0.15) is 11.4 Å². The molecule has 0 spiro atoms. The Morgan fingerprint density at radius 3 is 2.06 bits per heavy atom. The molecular formula is C27H37NO5. The van der Waals surface area contributed by atoms with Gasteiger partial charge in [-0.1, -0.05) is 0 Å². The van der Waals surface area contributed by atoms with Crippen LogP contribution in [0.4, 0.5) is 0 Å². The molecule has 1 heterocycles. The second kappa shape index (κ2) is 6.85. The number of rotatable bonds is 4. The van der Waals surface area contributed by atoms with Crippen LogP contribution in [-0.2, 0) is 23.9 Å². The van der Waals surface area contributed by atoms with Crippen molar-refractivity contribution in [3.8, 4) is 0 Å². The van der Waals surface area contributed by atoms with Crippen LogP contribution in [0.15, 0.2) is 11.5 Å². The maximum absolute atomic E-state index is 13.8. The molecule has 6 aliphatic carbocycles. The van der Waals surface area contributed by atoms with Gasteiger partial charge in [-0.3, -0.25) is 14.4 Å². The van der Waals surface area contributed by atoms with Crippen LogP contribution in [0.3, 0.4) is 0 Å². The molecule has 5 saturated carbocycles. The topological polar surface area (TPSA) is 72.9 Å². The van der Waals surface area contributed by atoms with Crippen molar-refractivity contribution in [3.63, 3.8) is 0 Å². The van der Waals surface area contributed by atoms with Gasteiger partial charge in [-0.15, -0.1) is 0 Å². The Morgan fingerprint density at radius 1 is 0.970 bits per heavy atom. The first kappa shape index (κ1) is 21.7. The monoisotopic (exact) mass is 455 g/mol. The molecule has 4 unspecified atom stereocenters. The molecule has 1 saturated heterocycles.